The molecule has 1 aliphatic heterocycles. The molecule has 0 amide bonds. The Balaban J connectivity index is 1.38. The van der Waals surface area contributed by atoms with Gasteiger partial charge in [0.25, 0.3) is 0 Å². The van der Waals surface area contributed by atoms with Gasteiger partial charge < -0.3 is 25.1 Å². The predicted molar refractivity (Wildman–Crippen MR) is 110 cm³/mol. The number of hydrogen-bond acceptors (Lipinski definition) is 3. The van der Waals surface area contributed by atoms with Crippen molar-refractivity contribution in [2.24, 2.45) is 4.99 Å². The molecule has 3 N–H and O–H groups in total. The van der Waals surface area contributed by atoms with E-state index in [1.807, 2.05) is 13.1 Å². The van der Waals surface area contributed by atoms with Crippen LogP contribution in [0.4, 0.5) is 4.39 Å². The number of nitrogens with zero attached hydrogens (tertiary/aromatic N) is 1. The topological polar surface area (TPSA) is 70.7 Å². The van der Waals surface area contributed by atoms with E-state index in [1.54, 1.807) is 12.1 Å². The summed E-state index contributed by atoms with van der Waals surface area (Å²) < 4.78 is 24.7. The molecule has 0 spiro atoms. The fraction of sp³-hybridized carbons (Fsp3) is 0.571. The highest BCUT2D eigenvalue weighted by Gasteiger charge is 2.14. The fourth-order valence-electron chi connectivity index (χ4n) is 3.36. The second kappa shape index (κ2) is 11.0. The molecule has 3 rings (SSSR count). The predicted octanol–water partition coefficient (Wildman–Crippen LogP) is 2.99. The van der Waals surface area contributed by atoms with Crippen LogP contribution in [0, 0.1) is 5.82 Å². The molecular formula is C21H31FN4O2. The van der Waals surface area contributed by atoms with E-state index in [0.717, 1.165) is 67.8 Å². The van der Waals surface area contributed by atoms with Gasteiger partial charge >= 0.3 is 0 Å². The monoisotopic (exact) mass is 390 g/mol. The number of halogens is 1. The van der Waals surface area contributed by atoms with Gasteiger partial charge in [-0.05, 0) is 56.4 Å². The Hall–Kier alpha value is -2.12. The van der Waals surface area contributed by atoms with Crippen LogP contribution in [0.25, 0.3) is 10.9 Å². The molecule has 1 atom stereocenters. The molecule has 2 aromatic rings. The molecule has 0 saturated carbocycles. The Bertz CT molecular complexity index is 756. The number of aliphatic imine (C=N–C) groups is 1. The van der Waals surface area contributed by atoms with E-state index >= 15 is 0 Å². The maximum atomic E-state index is 13.5. The first-order chi connectivity index (χ1) is 13.8. The SMILES string of the molecule is CCNC(=NCCCOCC1CCCO1)NCCc1c[nH]c2ccc(F)cc12. The zero-order chi connectivity index (χ0) is 19.6. The summed E-state index contributed by atoms with van der Waals surface area (Å²) in [7, 11) is 0. The quantitative estimate of drug-likeness (QED) is 0.331. The van der Waals surface area contributed by atoms with Crippen molar-refractivity contribution in [3.63, 3.8) is 0 Å². The Morgan fingerprint density at radius 1 is 1.39 bits per heavy atom. The van der Waals surface area contributed by atoms with Crippen molar-refractivity contribution < 1.29 is 13.9 Å². The van der Waals surface area contributed by atoms with E-state index in [4.69, 9.17) is 9.47 Å². The van der Waals surface area contributed by atoms with Crippen LogP contribution in [0.5, 0.6) is 0 Å². The van der Waals surface area contributed by atoms with Gasteiger partial charge in [-0.3, -0.25) is 4.99 Å². The molecule has 7 heteroatoms. The molecule has 1 unspecified atom stereocenters. The van der Waals surface area contributed by atoms with E-state index in [2.05, 4.69) is 20.6 Å². The largest absolute Gasteiger partial charge is 0.379 e. The van der Waals surface area contributed by atoms with Crippen LogP contribution in [-0.4, -0.2) is 56.5 Å². The summed E-state index contributed by atoms with van der Waals surface area (Å²) in [6.45, 7) is 6.54. The van der Waals surface area contributed by atoms with Crippen LogP contribution >= 0.6 is 0 Å². The summed E-state index contributed by atoms with van der Waals surface area (Å²) in [6.07, 6.45) is 6.14. The molecule has 2 heterocycles. The summed E-state index contributed by atoms with van der Waals surface area (Å²) >= 11 is 0. The molecule has 0 aliphatic carbocycles. The van der Waals surface area contributed by atoms with Gasteiger partial charge in [0, 0.05) is 49.9 Å². The van der Waals surface area contributed by atoms with Crippen molar-refractivity contribution in [3.05, 3.63) is 35.8 Å². The number of aromatic nitrogens is 1. The van der Waals surface area contributed by atoms with Crippen molar-refractivity contribution in [1.29, 1.82) is 0 Å². The molecule has 0 bridgehead atoms. The molecule has 1 aliphatic rings. The lowest BCUT2D eigenvalue weighted by Crippen LogP contribution is -2.38. The third-order valence-electron chi connectivity index (χ3n) is 4.80. The number of benzene rings is 1. The van der Waals surface area contributed by atoms with Crippen molar-refractivity contribution in [2.75, 3.05) is 39.5 Å². The van der Waals surface area contributed by atoms with Gasteiger partial charge in [-0.25, -0.2) is 4.39 Å². The maximum Gasteiger partial charge on any atom is 0.191 e. The number of H-pyrrole nitrogens is 1. The van der Waals surface area contributed by atoms with Crippen molar-refractivity contribution in [1.82, 2.24) is 15.6 Å². The van der Waals surface area contributed by atoms with Crippen molar-refractivity contribution in [3.8, 4) is 0 Å². The minimum Gasteiger partial charge on any atom is -0.379 e. The minimum atomic E-state index is -0.210. The van der Waals surface area contributed by atoms with Crippen LogP contribution in [0.3, 0.4) is 0 Å². The van der Waals surface area contributed by atoms with Gasteiger partial charge in [-0.15, -0.1) is 0 Å². The normalized spacial score (nSPS) is 17.4. The zero-order valence-corrected chi connectivity index (χ0v) is 16.6. The van der Waals surface area contributed by atoms with Gasteiger partial charge in [0.05, 0.1) is 12.7 Å². The lowest BCUT2D eigenvalue weighted by molar-refractivity contribution is 0.0171. The molecule has 1 saturated heterocycles. The third kappa shape index (κ3) is 6.21. The average molecular weight is 391 g/mol. The lowest BCUT2D eigenvalue weighted by Gasteiger charge is -2.12. The zero-order valence-electron chi connectivity index (χ0n) is 16.6. The first-order valence-corrected chi connectivity index (χ1v) is 10.2. The third-order valence-corrected chi connectivity index (χ3v) is 4.80. The highest BCUT2D eigenvalue weighted by Crippen LogP contribution is 2.19. The van der Waals surface area contributed by atoms with Crippen LogP contribution in [0.15, 0.2) is 29.4 Å². The minimum absolute atomic E-state index is 0.210. The Labute approximate surface area is 165 Å². The number of guanidine groups is 1. The second-order valence-corrected chi connectivity index (χ2v) is 7.00. The summed E-state index contributed by atoms with van der Waals surface area (Å²) in [5.41, 5.74) is 2.06. The number of ether oxygens (including phenoxy) is 2. The first kappa shape index (κ1) is 20.6. The van der Waals surface area contributed by atoms with E-state index in [1.165, 1.54) is 6.07 Å². The van der Waals surface area contributed by atoms with E-state index < -0.39 is 0 Å². The number of fused-ring (bicyclic) bond motifs is 1. The van der Waals surface area contributed by atoms with E-state index in [0.29, 0.717) is 19.8 Å². The highest BCUT2D eigenvalue weighted by molar-refractivity contribution is 5.83. The molecule has 154 valence electrons. The Kier molecular flexibility index (Phi) is 8.11. The second-order valence-electron chi connectivity index (χ2n) is 7.00. The van der Waals surface area contributed by atoms with Crippen LogP contribution in [0.1, 0.15) is 31.7 Å². The van der Waals surface area contributed by atoms with E-state index in [-0.39, 0.29) is 11.9 Å². The molecule has 0 radical (unpaired) electrons. The number of aromatic amines is 1. The van der Waals surface area contributed by atoms with Gasteiger partial charge in [0.1, 0.15) is 5.82 Å². The molecule has 1 aromatic heterocycles. The van der Waals surface area contributed by atoms with Crippen molar-refractivity contribution >= 4 is 16.9 Å². The smallest absolute Gasteiger partial charge is 0.191 e. The summed E-state index contributed by atoms with van der Waals surface area (Å²) in [4.78, 5) is 7.78. The first-order valence-electron chi connectivity index (χ1n) is 10.2. The van der Waals surface area contributed by atoms with Crippen molar-refractivity contribution in [2.45, 2.75) is 38.7 Å². The van der Waals surface area contributed by atoms with Crippen LogP contribution < -0.4 is 10.6 Å². The van der Waals surface area contributed by atoms with Gasteiger partial charge in [0.2, 0.25) is 0 Å². The Morgan fingerprint density at radius 2 is 2.32 bits per heavy atom. The van der Waals surface area contributed by atoms with Gasteiger partial charge in [-0.2, -0.15) is 0 Å². The molecule has 1 fully saturated rings. The maximum absolute atomic E-state index is 13.5. The molecule has 6 nitrogen and oxygen atoms in total. The lowest BCUT2D eigenvalue weighted by atomic mass is 10.1. The standard InChI is InChI=1S/C21H31FN4O2/c1-2-23-21(24-9-4-11-27-15-18-5-3-12-28-18)25-10-8-16-14-26-20-7-6-17(22)13-19(16)20/h6-7,13-14,18,26H,2-5,8-12,15H2,1H3,(H2,23,24,25). The van der Waals surface area contributed by atoms with E-state index in [9.17, 15) is 4.39 Å². The summed E-state index contributed by atoms with van der Waals surface area (Å²) in [5.74, 6) is 0.588. The molecule has 1 aromatic carbocycles. The van der Waals surface area contributed by atoms with Crippen LogP contribution in [-0.2, 0) is 15.9 Å². The summed E-state index contributed by atoms with van der Waals surface area (Å²) in [6, 6.07) is 4.83. The molecule has 28 heavy (non-hydrogen) atoms. The highest BCUT2D eigenvalue weighted by atomic mass is 19.1. The molecular weight excluding hydrogens is 359 g/mol. The number of hydrogen-bond donors (Lipinski definition) is 3. The van der Waals surface area contributed by atoms with Crippen LogP contribution in [0.2, 0.25) is 0 Å². The number of nitrogens with one attached hydrogen (secondary N) is 3. The fourth-order valence-corrected chi connectivity index (χ4v) is 3.36. The number of rotatable bonds is 10. The Morgan fingerprint density at radius 3 is 3.14 bits per heavy atom. The van der Waals surface area contributed by atoms with Gasteiger partial charge in [0.15, 0.2) is 5.96 Å². The average Bonchev–Trinajstić information content (AvgIpc) is 3.34. The summed E-state index contributed by atoms with van der Waals surface area (Å²) in [5, 5.41) is 7.54. The van der Waals surface area contributed by atoms with Gasteiger partial charge in [-0.1, -0.05) is 0 Å².